The minimum Gasteiger partial charge on any atom is -0.480 e. The van der Waals surface area contributed by atoms with Gasteiger partial charge in [0.1, 0.15) is 6.04 Å². The van der Waals surface area contributed by atoms with E-state index in [1.54, 1.807) is 0 Å². The number of carboxylic acids is 1. The van der Waals surface area contributed by atoms with Crippen LogP contribution in [-0.2, 0) is 9.53 Å². The van der Waals surface area contributed by atoms with Crippen molar-refractivity contribution in [2.24, 2.45) is 0 Å². The van der Waals surface area contributed by atoms with Crippen molar-refractivity contribution in [2.45, 2.75) is 56.4 Å². The smallest absolute Gasteiger partial charge is 0.326 e. The molecule has 4 atom stereocenters. The molecule has 3 aliphatic heterocycles. The molecule has 0 spiro atoms. The Morgan fingerprint density at radius 2 is 2.11 bits per heavy atom. The van der Waals surface area contributed by atoms with E-state index < -0.39 is 12.0 Å². The van der Waals surface area contributed by atoms with Gasteiger partial charge in [0.2, 0.25) is 0 Å². The fourth-order valence-electron chi connectivity index (χ4n) is 3.30. The molecule has 3 fully saturated rings. The summed E-state index contributed by atoms with van der Waals surface area (Å²) in [5, 5.41) is 12.0. The molecule has 2 amide bonds. The normalized spacial score (nSPS) is 38.1. The molecular formula is C12H18N2O4. The van der Waals surface area contributed by atoms with E-state index in [1.165, 1.54) is 4.90 Å². The van der Waals surface area contributed by atoms with Gasteiger partial charge in [-0.2, -0.15) is 0 Å². The van der Waals surface area contributed by atoms with Gasteiger partial charge in [-0.15, -0.1) is 0 Å². The van der Waals surface area contributed by atoms with E-state index in [9.17, 15) is 9.59 Å². The molecule has 2 bridgehead atoms. The van der Waals surface area contributed by atoms with Crippen LogP contribution >= 0.6 is 0 Å². The Balaban J connectivity index is 1.59. The lowest BCUT2D eigenvalue weighted by molar-refractivity contribution is -0.141. The predicted molar refractivity (Wildman–Crippen MR) is 62.2 cm³/mol. The largest absolute Gasteiger partial charge is 0.480 e. The fourth-order valence-corrected chi connectivity index (χ4v) is 3.30. The van der Waals surface area contributed by atoms with Crippen molar-refractivity contribution in [1.82, 2.24) is 10.2 Å². The summed E-state index contributed by atoms with van der Waals surface area (Å²) in [7, 11) is 0. The predicted octanol–water partition coefficient (Wildman–Crippen LogP) is 0.565. The first-order valence-electron chi connectivity index (χ1n) is 6.60. The van der Waals surface area contributed by atoms with Gasteiger partial charge in [-0.05, 0) is 32.1 Å². The third-order valence-electron chi connectivity index (χ3n) is 4.21. The zero-order valence-electron chi connectivity index (χ0n) is 10.2. The molecule has 3 rings (SSSR count). The summed E-state index contributed by atoms with van der Waals surface area (Å²) in [5.41, 5.74) is 0. The van der Waals surface area contributed by atoms with Gasteiger partial charge in [-0.3, -0.25) is 0 Å². The summed E-state index contributed by atoms with van der Waals surface area (Å²) in [4.78, 5) is 24.6. The number of hydrogen-bond donors (Lipinski definition) is 2. The number of carbonyl (C=O) groups excluding carboxylic acids is 1. The van der Waals surface area contributed by atoms with E-state index in [-0.39, 0.29) is 24.3 Å². The first-order valence-corrected chi connectivity index (χ1v) is 6.60. The lowest BCUT2D eigenvalue weighted by Crippen LogP contribution is -2.51. The number of carboxylic acid groups (broad SMARTS) is 1. The van der Waals surface area contributed by atoms with Crippen LogP contribution in [0.25, 0.3) is 0 Å². The number of urea groups is 1. The van der Waals surface area contributed by atoms with E-state index in [2.05, 4.69) is 5.32 Å². The van der Waals surface area contributed by atoms with Crippen LogP contribution in [0.3, 0.4) is 0 Å². The van der Waals surface area contributed by atoms with E-state index in [1.807, 2.05) is 0 Å². The highest BCUT2D eigenvalue weighted by Gasteiger charge is 2.43. The Hall–Kier alpha value is -1.30. The highest BCUT2D eigenvalue weighted by molar-refractivity contribution is 5.83. The van der Waals surface area contributed by atoms with Crippen molar-refractivity contribution < 1.29 is 19.4 Å². The maximum absolute atomic E-state index is 12.1. The number of ether oxygens (including phenoxy) is 1. The summed E-state index contributed by atoms with van der Waals surface area (Å²) in [6.07, 6.45) is 4.67. The minimum absolute atomic E-state index is 0.0614. The van der Waals surface area contributed by atoms with Crippen LogP contribution in [0.15, 0.2) is 0 Å². The molecule has 18 heavy (non-hydrogen) atoms. The lowest BCUT2D eigenvalue weighted by atomic mass is 9.96. The molecule has 0 aromatic carbocycles. The molecule has 0 aromatic heterocycles. The molecule has 2 N–H and O–H groups in total. The number of hydrogen-bond acceptors (Lipinski definition) is 3. The molecular weight excluding hydrogens is 236 g/mol. The molecule has 3 saturated heterocycles. The Labute approximate surface area is 105 Å². The molecule has 3 aliphatic rings. The van der Waals surface area contributed by atoms with Gasteiger partial charge in [0.15, 0.2) is 0 Å². The number of amides is 2. The topological polar surface area (TPSA) is 78.9 Å². The van der Waals surface area contributed by atoms with Crippen molar-refractivity contribution in [2.75, 3.05) is 6.54 Å². The summed E-state index contributed by atoms with van der Waals surface area (Å²) >= 11 is 0. The summed E-state index contributed by atoms with van der Waals surface area (Å²) in [5.74, 6) is -0.910. The van der Waals surface area contributed by atoms with Crippen molar-refractivity contribution in [1.29, 1.82) is 0 Å². The van der Waals surface area contributed by atoms with Gasteiger partial charge >= 0.3 is 12.0 Å². The quantitative estimate of drug-likeness (QED) is 0.755. The van der Waals surface area contributed by atoms with Gasteiger partial charge in [0.05, 0.1) is 18.2 Å². The molecule has 0 aliphatic carbocycles. The third kappa shape index (κ3) is 1.94. The van der Waals surface area contributed by atoms with Crippen LogP contribution in [-0.4, -0.2) is 52.8 Å². The SMILES string of the molecule is O=C(O)[C@H]1CCCN1C(=O)NC1CC2CCC1O2. The van der Waals surface area contributed by atoms with Crippen LogP contribution in [0.1, 0.15) is 32.1 Å². The molecule has 100 valence electrons. The Morgan fingerprint density at radius 1 is 1.28 bits per heavy atom. The van der Waals surface area contributed by atoms with Crippen LogP contribution in [0.2, 0.25) is 0 Å². The van der Waals surface area contributed by atoms with Gasteiger partial charge in [-0.1, -0.05) is 0 Å². The molecule has 3 heterocycles. The average molecular weight is 254 g/mol. The first kappa shape index (κ1) is 11.8. The second-order valence-electron chi connectivity index (χ2n) is 5.36. The molecule has 0 aromatic rings. The second kappa shape index (κ2) is 4.42. The average Bonchev–Trinajstić information content (AvgIpc) is 3.04. The number of nitrogens with zero attached hydrogens (tertiary/aromatic N) is 1. The Morgan fingerprint density at radius 3 is 2.72 bits per heavy atom. The zero-order chi connectivity index (χ0) is 12.7. The maximum Gasteiger partial charge on any atom is 0.326 e. The van der Waals surface area contributed by atoms with Crippen molar-refractivity contribution in [3.05, 3.63) is 0 Å². The second-order valence-corrected chi connectivity index (χ2v) is 5.36. The number of carbonyl (C=O) groups is 2. The van der Waals surface area contributed by atoms with Gasteiger partial charge in [0.25, 0.3) is 0 Å². The van der Waals surface area contributed by atoms with E-state index in [0.29, 0.717) is 13.0 Å². The number of likely N-dealkylation sites (tertiary alicyclic amines) is 1. The number of aliphatic carboxylic acids is 1. The highest BCUT2D eigenvalue weighted by Crippen LogP contribution is 2.34. The van der Waals surface area contributed by atoms with E-state index in [0.717, 1.165) is 25.7 Å². The van der Waals surface area contributed by atoms with E-state index in [4.69, 9.17) is 9.84 Å². The number of fused-ring (bicyclic) bond motifs is 2. The van der Waals surface area contributed by atoms with Crippen LogP contribution in [0.4, 0.5) is 4.79 Å². The highest BCUT2D eigenvalue weighted by atomic mass is 16.5. The van der Waals surface area contributed by atoms with Crippen LogP contribution in [0, 0.1) is 0 Å². The summed E-state index contributed by atoms with van der Waals surface area (Å²) < 4.78 is 5.67. The number of rotatable bonds is 2. The molecule has 0 radical (unpaired) electrons. The zero-order valence-corrected chi connectivity index (χ0v) is 10.2. The molecule has 6 heteroatoms. The summed E-state index contributed by atoms with van der Waals surface area (Å²) in [6.45, 7) is 0.532. The molecule has 0 saturated carbocycles. The van der Waals surface area contributed by atoms with Crippen molar-refractivity contribution in [3.63, 3.8) is 0 Å². The maximum atomic E-state index is 12.1. The number of nitrogens with one attached hydrogen (secondary N) is 1. The molecule has 3 unspecified atom stereocenters. The lowest BCUT2D eigenvalue weighted by Gasteiger charge is -2.26. The standard InChI is InChI=1S/C12H18N2O4/c15-11(16)9-2-1-5-14(9)12(17)13-8-6-7-3-4-10(8)18-7/h7-10H,1-6H2,(H,13,17)(H,15,16)/t7?,8?,9-,10?/m1/s1. The van der Waals surface area contributed by atoms with Gasteiger partial charge in [0, 0.05) is 6.54 Å². The van der Waals surface area contributed by atoms with Gasteiger partial charge in [-0.25, -0.2) is 9.59 Å². The Kier molecular flexibility index (Phi) is 2.89. The van der Waals surface area contributed by atoms with Crippen LogP contribution < -0.4 is 5.32 Å². The van der Waals surface area contributed by atoms with Crippen molar-refractivity contribution >= 4 is 12.0 Å². The van der Waals surface area contributed by atoms with Crippen molar-refractivity contribution in [3.8, 4) is 0 Å². The third-order valence-corrected chi connectivity index (χ3v) is 4.21. The first-order chi connectivity index (χ1) is 8.65. The van der Waals surface area contributed by atoms with Crippen LogP contribution in [0.5, 0.6) is 0 Å². The Bertz CT molecular complexity index is 373. The minimum atomic E-state index is -0.910. The van der Waals surface area contributed by atoms with E-state index >= 15 is 0 Å². The fraction of sp³-hybridized carbons (Fsp3) is 0.833. The monoisotopic (exact) mass is 254 g/mol. The molecule has 6 nitrogen and oxygen atoms in total. The van der Waals surface area contributed by atoms with Gasteiger partial charge < -0.3 is 20.1 Å². The summed E-state index contributed by atoms with van der Waals surface area (Å²) in [6, 6.07) is -0.850.